The number of nitrogens with zero attached hydrogens (tertiary/aromatic N) is 3. The fraction of sp³-hybridized carbons (Fsp3) is 0.174. The van der Waals surface area contributed by atoms with Crippen LogP contribution in [0.3, 0.4) is 0 Å². The van der Waals surface area contributed by atoms with Gasteiger partial charge in [-0.1, -0.05) is 41.9 Å². The highest BCUT2D eigenvalue weighted by molar-refractivity contribution is 7.20. The van der Waals surface area contributed by atoms with E-state index in [1.807, 2.05) is 48.0 Å². The molecule has 0 bridgehead atoms. The maximum Gasteiger partial charge on any atom is 0.265 e. The summed E-state index contributed by atoms with van der Waals surface area (Å²) in [4.78, 5) is 28.1. The van der Waals surface area contributed by atoms with Gasteiger partial charge < -0.3 is 10.2 Å². The van der Waals surface area contributed by atoms with E-state index in [-0.39, 0.29) is 11.8 Å². The molecule has 2 heterocycles. The quantitative estimate of drug-likeness (QED) is 0.460. The molecule has 0 atom stereocenters. The van der Waals surface area contributed by atoms with E-state index < -0.39 is 0 Å². The van der Waals surface area contributed by atoms with Crippen LogP contribution in [0.25, 0.3) is 10.2 Å². The van der Waals surface area contributed by atoms with Crippen molar-refractivity contribution in [2.45, 2.75) is 13.5 Å². The first-order valence-electron chi connectivity index (χ1n) is 9.67. The predicted octanol–water partition coefficient (Wildman–Crippen LogP) is 5.06. The third-order valence-corrected chi connectivity index (χ3v) is 6.35. The summed E-state index contributed by atoms with van der Waals surface area (Å²) in [5.41, 5.74) is 2.87. The van der Waals surface area contributed by atoms with Gasteiger partial charge in [-0.15, -0.1) is 11.3 Å². The van der Waals surface area contributed by atoms with Gasteiger partial charge in [-0.25, -0.2) is 0 Å². The lowest BCUT2D eigenvalue weighted by atomic mass is 10.1. The van der Waals surface area contributed by atoms with Crippen LogP contribution in [0, 0.1) is 6.92 Å². The number of halogens is 1. The van der Waals surface area contributed by atoms with Gasteiger partial charge in [0.15, 0.2) is 0 Å². The molecule has 0 radical (unpaired) electrons. The summed E-state index contributed by atoms with van der Waals surface area (Å²) in [7, 11) is 3.35. The molecule has 8 heteroatoms. The van der Waals surface area contributed by atoms with Gasteiger partial charge in [0.05, 0.1) is 27.8 Å². The Balaban J connectivity index is 1.61. The number of hydrogen-bond donors (Lipinski definition) is 1. The summed E-state index contributed by atoms with van der Waals surface area (Å²) in [6.45, 7) is 2.57. The zero-order chi connectivity index (χ0) is 22.1. The highest BCUT2D eigenvalue weighted by Crippen LogP contribution is 2.30. The first-order valence-corrected chi connectivity index (χ1v) is 10.9. The monoisotopic (exact) mass is 452 g/mol. The van der Waals surface area contributed by atoms with Crippen molar-refractivity contribution in [1.82, 2.24) is 14.7 Å². The molecule has 0 saturated carbocycles. The topological polar surface area (TPSA) is 67.2 Å². The molecule has 6 nitrogen and oxygen atoms in total. The highest BCUT2D eigenvalue weighted by atomic mass is 35.5. The van der Waals surface area contributed by atoms with E-state index in [4.69, 9.17) is 11.6 Å². The molecule has 2 aromatic carbocycles. The fourth-order valence-electron chi connectivity index (χ4n) is 3.28. The van der Waals surface area contributed by atoms with Gasteiger partial charge in [-0.2, -0.15) is 5.10 Å². The lowest BCUT2D eigenvalue weighted by molar-refractivity contribution is 0.0827. The van der Waals surface area contributed by atoms with Crippen LogP contribution in [0.1, 0.15) is 31.3 Å². The second-order valence-corrected chi connectivity index (χ2v) is 8.84. The van der Waals surface area contributed by atoms with Gasteiger partial charge in [0.25, 0.3) is 11.8 Å². The van der Waals surface area contributed by atoms with Crippen LogP contribution in [0.2, 0.25) is 5.02 Å². The van der Waals surface area contributed by atoms with Crippen molar-refractivity contribution in [3.63, 3.8) is 0 Å². The van der Waals surface area contributed by atoms with Gasteiger partial charge in [0.2, 0.25) is 0 Å². The lowest BCUT2D eigenvalue weighted by Crippen LogP contribution is -2.22. The Morgan fingerprint density at radius 1 is 1.13 bits per heavy atom. The van der Waals surface area contributed by atoms with Crippen molar-refractivity contribution in [2.75, 3.05) is 19.4 Å². The molecule has 4 aromatic rings. The summed E-state index contributed by atoms with van der Waals surface area (Å²) in [5, 5.41) is 8.79. The van der Waals surface area contributed by atoms with Crippen molar-refractivity contribution < 1.29 is 9.59 Å². The number of thiophene rings is 1. The Kier molecular flexibility index (Phi) is 5.80. The predicted molar refractivity (Wildman–Crippen MR) is 125 cm³/mol. The molecule has 0 fully saturated rings. The number of nitrogens with one attached hydrogen (secondary N) is 1. The highest BCUT2D eigenvalue weighted by Gasteiger charge is 2.18. The van der Waals surface area contributed by atoms with E-state index in [0.717, 1.165) is 21.5 Å². The summed E-state index contributed by atoms with van der Waals surface area (Å²) < 4.78 is 1.92. The number of fused-ring (bicyclic) bond motifs is 1. The molecule has 0 unspecified atom stereocenters. The Morgan fingerprint density at radius 2 is 1.87 bits per heavy atom. The van der Waals surface area contributed by atoms with Crippen LogP contribution in [-0.2, 0) is 6.54 Å². The van der Waals surface area contributed by atoms with Crippen molar-refractivity contribution in [3.05, 3.63) is 81.3 Å². The Hall–Kier alpha value is -3.16. The number of rotatable bonds is 5. The third-order valence-electron chi connectivity index (χ3n) is 4.87. The minimum Gasteiger partial charge on any atom is -0.345 e. The van der Waals surface area contributed by atoms with Gasteiger partial charge >= 0.3 is 0 Å². The van der Waals surface area contributed by atoms with E-state index in [0.29, 0.717) is 27.7 Å². The number of amides is 2. The van der Waals surface area contributed by atoms with Crippen LogP contribution in [0.15, 0.2) is 54.6 Å². The molecule has 1 N–H and O–H groups in total. The molecule has 0 spiro atoms. The number of anilines is 1. The van der Waals surface area contributed by atoms with Gasteiger partial charge in [-0.05, 0) is 36.8 Å². The molecule has 158 valence electrons. The van der Waals surface area contributed by atoms with Crippen molar-refractivity contribution in [2.24, 2.45) is 0 Å². The zero-order valence-electron chi connectivity index (χ0n) is 17.3. The lowest BCUT2D eigenvalue weighted by Gasteiger charge is -2.12. The molecule has 31 heavy (non-hydrogen) atoms. The summed E-state index contributed by atoms with van der Waals surface area (Å²) in [6, 6.07) is 16.8. The SMILES string of the molecule is Cc1nn(Cc2ccccc2)c2sc(C(=O)Nc3cc(C(=O)N(C)C)ccc3Cl)cc12. The maximum absolute atomic E-state index is 12.9. The van der Waals surface area contributed by atoms with Crippen LogP contribution >= 0.6 is 22.9 Å². The van der Waals surface area contributed by atoms with Crippen LogP contribution < -0.4 is 5.32 Å². The standard InChI is InChI=1S/C23H21ClN4O2S/c1-14-17-12-20(31-23(17)28(26-14)13-15-7-5-4-6-8-15)21(29)25-19-11-16(9-10-18(19)24)22(30)27(2)3/h4-12H,13H2,1-3H3,(H,25,29). The Bertz CT molecular complexity index is 1280. The fourth-order valence-corrected chi connectivity index (χ4v) is 4.51. The first kappa shape index (κ1) is 21.1. The van der Waals surface area contributed by atoms with Crippen molar-refractivity contribution >= 4 is 50.7 Å². The van der Waals surface area contributed by atoms with E-state index >= 15 is 0 Å². The number of carbonyl (C=O) groups is 2. The maximum atomic E-state index is 12.9. The molecule has 0 aliphatic rings. The minimum atomic E-state index is -0.275. The largest absolute Gasteiger partial charge is 0.345 e. The number of aromatic nitrogens is 2. The van der Waals surface area contributed by atoms with Crippen molar-refractivity contribution in [3.8, 4) is 0 Å². The van der Waals surface area contributed by atoms with Crippen LogP contribution in [-0.4, -0.2) is 40.6 Å². The second-order valence-electron chi connectivity index (χ2n) is 7.41. The molecular weight excluding hydrogens is 432 g/mol. The van der Waals surface area contributed by atoms with E-state index in [2.05, 4.69) is 10.4 Å². The Morgan fingerprint density at radius 3 is 2.58 bits per heavy atom. The van der Waals surface area contributed by atoms with Crippen LogP contribution in [0.5, 0.6) is 0 Å². The second kappa shape index (κ2) is 8.53. The summed E-state index contributed by atoms with van der Waals surface area (Å²) in [5.74, 6) is -0.436. The third kappa shape index (κ3) is 4.33. The van der Waals surface area contributed by atoms with Crippen LogP contribution in [0.4, 0.5) is 5.69 Å². The average Bonchev–Trinajstić information content (AvgIpc) is 3.31. The zero-order valence-corrected chi connectivity index (χ0v) is 18.9. The number of benzene rings is 2. The van der Waals surface area contributed by atoms with E-state index in [1.54, 1.807) is 32.3 Å². The number of hydrogen-bond acceptors (Lipinski definition) is 4. The van der Waals surface area contributed by atoms with Gasteiger partial charge in [0, 0.05) is 25.0 Å². The molecule has 2 amide bonds. The smallest absolute Gasteiger partial charge is 0.265 e. The van der Waals surface area contributed by atoms with Crippen molar-refractivity contribution in [1.29, 1.82) is 0 Å². The average molecular weight is 453 g/mol. The summed E-state index contributed by atoms with van der Waals surface area (Å²) in [6.07, 6.45) is 0. The number of carbonyl (C=O) groups excluding carboxylic acids is 2. The van der Waals surface area contributed by atoms with E-state index in [1.165, 1.54) is 16.2 Å². The molecule has 4 rings (SSSR count). The molecule has 0 saturated heterocycles. The molecule has 0 aliphatic carbocycles. The minimum absolute atomic E-state index is 0.161. The summed E-state index contributed by atoms with van der Waals surface area (Å²) >= 11 is 7.64. The molecular formula is C23H21ClN4O2S. The van der Waals surface area contributed by atoms with Gasteiger partial charge in [-0.3, -0.25) is 14.3 Å². The first-order chi connectivity index (χ1) is 14.8. The Labute approximate surface area is 189 Å². The number of aryl methyl sites for hydroxylation is 1. The molecule has 2 aromatic heterocycles. The van der Waals surface area contributed by atoms with E-state index in [9.17, 15) is 9.59 Å². The van der Waals surface area contributed by atoms with Gasteiger partial charge in [0.1, 0.15) is 4.83 Å². The molecule has 0 aliphatic heterocycles. The normalized spacial score (nSPS) is 11.0.